The lowest BCUT2D eigenvalue weighted by Crippen LogP contribution is -2.32. The van der Waals surface area contributed by atoms with Gasteiger partial charge in [0, 0.05) is 6.04 Å². The van der Waals surface area contributed by atoms with E-state index < -0.39 is 0 Å². The quantitative estimate of drug-likeness (QED) is 0.834. The number of aryl methyl sites for hydroxylation is 2. The minimum Gasteiger partial charge on any atom is -0.313 e. The van der Waals surface area contributed by atoms with Gasteiger partial charge in [-0.25, -0.2) is 0 Å². The van der Waals surface area contributed by atoms with Gasteiger partial charge >= 0.3 is 0 Å². The van der Waals surface area contributed by atoms with Gasteiger partial charge in [-0.05, 0) is 74.6 Å². The van der Waals surface area contributed by atoms with Gasteiger partial charge in [0.25, 0.3) is 0 Å². The van der Waals surface area contributed by atoms with Crippen LogP contribution in [-0.2, 0) is 0 Å². The summed E-state index contributed by atoms with van der Waals surface area (Å²) in [4.78, 5) is 0. The van der Waals surface area contributed by atoms with Gasteiger partial charge in [-0.15, -0.1) is 0 Å². The van der Waals surface area contributed by atoms with Crippen LogP contribution in [0.15, 0.2) is 18.2 Å². The minimum atomic E-state index is 0.520. The molecule has 1 aliphatic carbocycles. The van der Waals surface area contributed by atoms with Crippen molar-refractivity contribution in [2.75, 3.05) is 7.05 Å². The third-order valence-corrected chi connectivity index (χ3v) is 4.85. The van der Waals surface area contributed by atoms with E-state index in [1.54, 1.807) is 0 Å². The molecule has 0 aromatic heterocycles. The van der Waals surface area contributed by atoms with Crippen LogP contribution < -0.4 is 5.32 Å². The highest BCUT2D eigenvalue weighted by Crippen LogP contribution is 2.41. The van der Waals surface area contributed by atoms with Gasteiger partial charge in [0.1, 0.15) is 0 Å². The van der Waals surface area contributed by atoms with Crippen LogP contribution in [0.3, 0.4) is 0 Å². The fourth-order valence-electron chi connectivity index (χ4n) is 4.22. The van der Waals surface area contributed by atoms with Crippen molar-refractivity contribution >= 4 is 0 Å². The lowest BCUT2D eigenvalue weighted by molar-refractivity contribution is 0.180. The monoisotopic (exact) mass is 259 g/mol. The Morgan fingerprint density at radius 2 is 1.53 bits per heavy atom. The summed E-state index contributed by atoms with van der Waals surface area (Å²) < 4.78 is 0. The zero-order valence-corrected chi connectivity index (χ0v) is 13.2. The molecular formula is C18H29N. The highest BCUT2D eigenvalue weighted by atomic mass is 14.9. The molecule has 1 nitrogen and oxygen atoms in total. The Morgan fingerprint density at radius 1 is 1.00 bits per heavy atom. The lowest BCUT2D eigenvalue weighted by Gasteiger charge is -2.37. The predicted octanol–water partition coefficient (Wildman–Crippen LogP) is 4.64. The van der Waals surface area contributed by atoms with Gasteiger partial charge in [0.15, 0.2) is 0 Å². The molecule has 106 valence electrons. The number of nitrogens with one attached hydrogen (secondary N) is 1. The van der Waals surface area contributed by atoms with Gasteiger partial charge in [0.05, 0.1) is 0 Å². The van der Waals surface area contributed by atoms with Gasteiger partial charge < -0.3 is 5.32 Å². The molecule has 1 saturated carbocycles. The molecule has 1 heteroatoms. The summed E-state index contributed by atoms with van der Waals surface area (Å²) in [5, 5.41) is 3.61. The SMILES string of the molecule is CNC(c1c(C)cccc1C)C1CC(C)CC(C)C1. The molecule has 2 rings (SSSR count). The van der Waals surface area contributed by atoms with Gasteiger partial charge in [-0.1, -0.05) is 32.0 Å². The van der Waals surface area contributed by atoms with Crippen molar-refractivity contribution in [2.45, 2.75) is 53.0 Å². The van der Waals surface area contributed by atoms with E-state index in [2.05, 4.69) is 58.3 Å². The highest BCUT2D eigenvalue weighted by molar-refractivity contribution is 5.36. The molecule has 3 unspecified atom stereocenters. The Bertz CT molecular complexity index is 393. The van der Waals surface area contributed by atoms with E-state index in [4.69, 9.17) is 0 Å². The summed E-state index contributed by atoms with van der Waals surface area (Å²) in [6.07, 6.45) is 4.13. The van der Waals surface area contributed by atoms with Crippen molar-refractivity contribution in [2.24, 2.45) is 17.8 Å². The Labute approximate surface area is 118 Å². The zero-order chi connectivity index (χ0) is 14.0. The molecule has 0 aliphatic heterocycles. The van der Waals surface area contributed by atoms with E-state index in [0.29, 0.717) is 6.04 Å². The molecule has 0 radical (unpaired) electrons. The number of hydrogen-bond donors (Lipinski definition) is 1. The van der Waals surface area contributed by atoms with Gasteiger partial charge in [0.2, 0.25) is 0 Å². The smallest absolute Gasteiger partial charge is 0.0351 e. The Balaban J connectivity index is 2.29. The third kappa shape index (κ3) is 3.20. The van der Waals surface area contributed by atoms with Crippen LogP contribution in [0, 0.1) is 31.6 Å². The maximum atomic E-state index is 3.61. The van der Waals surface area contributed by atoms with Crippen LogP contribution in [0.4, 0.5) is 0 Å². The first-order chi connectivity index (χ1) is 9.02. The molecule has 19 heavy (non-hydrogen) atoms. The molecule has 0 amide bonds. The number of benzene rings is 1. The molecule has 1 N–H and O–H groups in total. The van der Waals surface area contributed by atoms with E-state index in [1.165, 1.54) is 36.0 Å². The van der Waals surface area contributed by atoms with Crippen LogP contribution in [0.5, 0.6) is 0 Å². The Hall–Kier alpha value is -0.820. The van der Waals surface area contributed by atoms with Crippen LogP contribution >= 0.6 is 0 Å². The Kier molecular flexibility index (Phi) is 4.67. The summed E-state index contributed by atoms with van der Waals surface area (Å²) in [5.74, 6) is 2.52. The molecule has 1 aliphatic rings. The summed E-state index contributed by atoms with van der Waals surface area (Å²) in [6, 6.07) is 7.20. The molecule has 0 saturated heterocycles. The maximum Gasteiger partial charge on any atom is 0.0351 e. The first-order valence-corrected chi connectivity index (χ1v) is 7.76. The van der Waals surface area contributed by atoms with Crippen LogP contribution in [0.2, 0.25) is 0 Å². The summed E-state index contributed by atoms with van der Waals surface area (Å²) >= 11 is 0. The average Bonchev–Trinajstić information content (AvgIpc) is 2.32. The number of rotatable bonds is 3. The molecule has 0 spiro atoms. The third-order valence-electron chi connectivity index (χ3n) is 4.85. The standard InChI is InChI=1S/C18H29N/c1-12-9-13(2)11-16(10-12)18(19-5)17-14(3)7-6-8-15(17)4/h6-8,12-13,16,18-19H,9-11H2,1-5H3. The van der Waals surface area contributed by atoms with E-state index in [9.17, 15) is 0 Å². The van der Waals surface area contributed by atoms with Crippen molar-refractivity contribution in [1.29, 1.82) is 0 Å². The van der Waals surface area contributed by atoms with Crippen LogP contribution in [0.25, 0.3) is 0 Å². The molecule has 1 aromatic carbocycles. The fraction of sp³-hybridized carbons (Fsp3) is 0.667. The van der Waals surface area contributed by atoms with Crippen molar-refractivity contribution < 1.29 is 0 Å². The maximum absolute atomic E-state index is 3.61. The van der Waals surface area contributed by atoms with Crippen molar-refractivity contribution in [3.63, 3.8) is 0 Å². The van der Waals surface area contributed by atoms with Crippen molar-refractivity contribution in [3.05, 3.63) is 34.9 Å². The number of hydrogen-bond acceptors (Lipinski definition) is 1. The molecule has 0 bridgehead atoms. The second-order valence-corrected chi connectivity index (χ2v) is 6.75. The largest absolute Gasteiger partial charge is 0.313 e. The minimum absolute atomic E-state index is 0.520. The molecule has 0 heterocycles. The molecule has 3 atom stereocenters. The first-order valence-electron chi connectivity index (χ1n) is 7.76. The van der Waals surface area contributed by atoms with Gasteiger partial charge in [-0.2, -0.15) is 0 Å². The van der Waals surface area contributed by atoms with Crippen molar-refractivity contribution in [1.82, 2.24) is 5.32 Å². The van der Waals surface area contributed by atoms with E-state index in [0.717, 1.165) is 17.8 Å². The summed E-state index contributed by atoms with van der Waals surface area (Å²) in [6.45, 7) is 9.34. The van der Waals surface area contributed by atoms with E-state index >= 15 is 0 Å². The lowest BCUT2D eigenvalue weighted by atomic mass is 9.71. The first kappa shape index (κ1) is 14.6. The topological polar surface area (TPSA) is 12.0 Å². The summed E-state index contributed by atoms with van der Waals surface area (Å²) in [7, 11) is 2.13. The summed E-state index contributed by atoms with van der Waals surface area (Å²) in [5.41, 5.74) is 4.41. The Morgan fingerprint density at radius 3 is 2.00 bits per heavy atom. The molecule has 1 fully saturated rings. The second kappa shape index (κ2) is 6.09. The van der Waals surface area contributed by atoms with Gasteiger partial charge in [-0.3, -0.25) is 0 Å². The van der Waals surface area contributed by atoms with Crippen LogP contribution in [-0.4, -0.2) is 7.05 Å². The zero-order valence-electron chi connectivity index (χ0n) is 13.2. The van der Waals surface area contributed by atoms with E-state index in [-0.39, 0.29) is 0 Å². The highest BCUT2D eigenvalue weighted by Gasteiger charge is 2.31. The van der Waals surface area contributed by atoms with E-state index in [1.807, 2.05) is 0 Å². The fourth-order valence-corrected chi connectivity index (χ4v) is 4.22. The predicted molar refractivity (Wildman–Crippen MR) is 83.4 cm³/mol. The second-order valence-electron chi connectivity index (χ2n) is 6.75. The average molecular weight is 259 g/mol. The molecular weight excluding hydrogens is 230 g/mol. The van der Waals surface area contributed by atoms with Crippen LogP contribution in [0.1, 0.15) is 55.8 Å². The normalized spacial score (nSPS) is 29.2. The molecule has 1 aromatic rings. The van der Waals surface area contributed by atoms with Crippen molar-refractivity contribution in [3.8, 4) is 0 Å².